The lowest BCUT2D eigenvalue weighted by Gasteiger charge is -2.19. The van der Waals surface area contributed by atoms with Gasteiger partial charge in [0.1, 0.15) is 0 Å². The van der Waals surface area contributed by atoms with Crippen molar-refractivity contribution in [2.24, 2.45) is 5.73 Å². The van der Waals surface area contributed by atoms with E-state index in [-0.39, 0.29) is 22.7 Å². The van der Waals surface area contributed by atoms with E-state index in [0.29, 0.717) is 0 Å². The number of hydrogen-bond acceptors (Lipinski definition) is 5. The molecule has 19 heavy (non-hydrogen) atoms. The molecular weight excluding hydrogens is 270 g/mol. The van der Waals surface area contributed by atoms with E-state index in [9.17, 15) is 18.5 Å². The smallest absolute Gasteiger partial charge is 0.273 e. The van der Waals surface area contributed by atoms with Crippen LogP contribution in [0.15, 0.2) is 23.1 Å². The number of sulfonamides is 1. The summed E-state index contributed by atoms with van der Waals surface area (Å²) in [5.41, 5.74) is 4.87. The van der Waals surface area contributed by atoms with Crippen molar-refractivity contribution in [1.82, 2.24) is 4.72 Å². The summed E-state index contributed by atoms with van der Waals surface area (Å²) < 4.78 is 26.5. The predicted molar refractivity (Wildman–Crippen MR) is 71.3 cm³/mol. The van der Waals surface area contributed by atoms with E-state index in [4.69, 9.17) is 5.73 Å². The zero-order valence-corrected chi connectivity index (χ0v) is 11.8. The molecule has 106 valence electrons. The maximum atomic E-state index is 12.1. The average Bonchev–Trinajstić information content (AvgIpc) is 2.25. The summed E-state index contributed by atoms with van der Waals surface area (Å²) in [6.45, 7) is 4.80. The summed E-state index contributed by atoms with van der Waals surface area (Å²) in [7, 11) is -3.81. The molecule has 0 saturated heterocycles. The minimum Gasteiger partial charge on any atom is -0.324 e. The molecule has 0 atom stereocenters. The van der Waals surface area contributed by atoms with E-state index in [1.165, 1.54) is 25.1 Å². The number of nitrogens with two attached hydrogens (primary N) is 1. The van der Waals surface area contributed by atoms with E-state index < -0.39 is 20.5 Å². The molecule has 0 aliphatic rings. The van der Waals surface area contributed by atoms with Gasteiger partial charge < -0.3 is 5.73 Å². The van der Waals surface area contributed by atoms with Gasteiger partial charge in [-0.1, -0.05) is 6.07 Å². The molecule has 1 aromatic carbocycles. The second kappa shape index (κ2) is 5.24. The van der Waals surface area contributed by atoms with Crippen molar-refractivity contribution in [3.63, 3.8) is 0 Å². The summed E-state index contributed by atoms with van der Waals surface area (Å²) >= 11 is 0. The van der Waals surface area contributed by atoms with Gasteiger partial charge in [0.05, 0.1) is 9.82 Å². The Labute approximate surface area is 112 Å². The zero-order valence-electron chi connectivity index (χ0n) is 11.0. The first-order valence-corrected chi connectivity index (χ1v) is 7.05. The fourth-order valence-corrected chi connectivity index (χ4v) is 2.93. The second-order valence-corrected chi connectivity index (χ2v) is 6.71. The Hall–Kier alpha value is -1.51. The van der Waals surface area contributed by atoms with Crippen LogP contribution in [0.25, 0.3) is 0 Å². The van der Waals surface area contributed by atoms with Crippen LogP contribution in [0.3, 0.4) is 0 Å². The largest absolute Gasteiger partial charge is 0.324 e. The van der Waals surface area contributed by atoms with E-state index in [0.717, 1.165) is 0 Å². The van der Waals surface area contributed by atoms with Gasteiger partial charge in [0.25, 0.3) is 5.69 Å². The van der Waals surface area contributed by atoms with Gasteiger partial charge in [0, 0.05) is 23.7 Å². The molecule has 0 bridgehead atoms. The molecule has 1 rings (SSSR count). The fourth-order valence-electron chi connectivity index (χ4n) is 1.45. The molecular formula is C11H17N3O4S. The molecule has 3 N–H and O–H groups in total. The number of hydrogen-bond donors (Lipinski definition) is 2. The third-order valence-electron chi connectivity index (χ3n) is 2.46. The Morgan fingerprint density at radius 1 is 1.42 bits per heavy atom. The van der Waals surface area contributed by atoms with Gasteiger partial charge in [-0.3, -0.25) is 10.1 Å². The number of nitro groups is 1. The molecule has 1 aromatic rings. The zero-order chi connectivity index (χ0) is 14.8. The van der Waals surface area contributed by atoms with Gasteiger partial charge in [-0.25, -0.2) is 13.1 Å². The Balaban J connectivity index is 3.16. The number of nitrogens with one attached hydrogen (secondary N) is 1. The maximum absolute atomic E-state index is 12.1. The van der Waals surface area contributed by atoms with Crippen LogP contribution >= 0.6 is 0 Å². The van der Waals surface area contributed by atoms with Crippen molar-refractivity contribution in [3.05, 3.63) is 33.9 Å². The van der Waals surface area contributed by atoms with Crippen LogP contribution in [0.5, 0.6) is 0 Å². The Morgan fingerprint density at radius 2 is 2.00 bits per heavy atom. The van der Waals surface area contributed by atoms with Gasteiger partial charge in [-0.2, -0.15) is 0 Å². The monoisotopic (exact) mass is 287 g/mol. The lowest BCUT2D eigenvalue weighted by Crippen LogP contribution is -2.45. The summed E-state index contributed by atoms with van der Waals surface area (Å²) in [4.78, 5) is 10.1. The Bertz CT molecular complexity index is 590. The summed E-state index contributed by atoms with van der Waals surface area (Å²) in [5, 5.41) is 10.8. The maximum Gasteiger partial charge on any atom is 0.273 e. The van der Waals surface area contributed by atoms with E-state index >= 15 is 0 Å². The van der Waals surface area contributed by atoms with Gasteiger partial charge in [0.15, 0.2) is 0 Å². The van der Waals surface area contributed by atoms with Crippen molar-refractivity contribution in [1.29, 1.82) is 0 Å². The third-order valence-corrected chi connectivity index (χ3v) is 4.01. The van der Waals surface area contributed by atoms with Crippen LogP contribution in [0.1, 0.15) is 19.4 Å². The summed E-state index contributed by atoms with van der Waals surface area (Å²) in [6, 6.07) is 3.93. The first-order chi connectivity index (χ1) is 8.54. The normalized spacial score (nSPS) is 12.4. The van der Waals surface area contributed by atoms with Crippen molar-refractivity contribution >= 4 is 15.7 Å². The van der Waals surface area contributed by atoms with Crippen molar-refractivity contribution in [2.45, 2.75) is 31.2 Å². The van der Waals surface area contributed by atoms with Crippen LogP contribution in [-0.4, -0.2) is 25.4 Å². The van der Waals surface area contributed by atoms with Crippen molar-refractivity contribution in [2.75, 3.05) is 6.54 Å². The first-order valence-electron chi connectivity index (χ1n) is 5.57. The summed E-state index contributed by atoms with van der Waals surface area (Å²) in [5.74, 6) is 0. The van der Waals surface area contributed by atoms with Crippen LogP contribution < -0.4 is 10.5 Å². The Morgan fingerprint density at radius 3 is 2.47 bits per heavy atom. The van der Waals surface area contributed by atoms with Crippen LogP contribution in [0, 0.1) is 17.0 Å². The van der Waals surface area contributed by atoms with Gasteiger partial charge in [-0.15, -0.1) is 0 Å². The topological polar surface area (TPSA) is 115 Å². The number of benzene rings is 1. The molecule has 7 nitrogen and oxygen atoms in total. The quantitative estimate of drug-likeness (QED) is 0.617. The van der Waals surface area contributed by atoms with Crippen LogP contribution in [0.2, 0.25) is 0 Å². The molecule has 0 heterocycles. The van der Waals surface area contributed by atoms with Crippen molar-refractivity contribution < 1.29 is 13.3 Å². The minimum absolute atomic E-state index is 0.0392. The third kappa shape index (κ3) is 3.98. The highest BCUT2D eigenvalue weighted by atomic mass is 32.2. The van der Waals surface area contributed by atoms with Gasteiger partial charge in [-0.05, 0) is 26.8 Å². The lowest BCUT2D eigenvalue weighted by molar-refractivity contribution is -0.385. The molecule has 0 spiro atoms. The predicted octanol–water partition coefficient (Wildman–Crippen LogP) is 0.919. The molecule has 0 amide bonds. The number of rotatable bonds is 5. The average molecular weight is 287 g/mol. The molecule has 0 fully saturated rings. The van der Waals surface area contributed by atoms with E-state index in [2.05, 4.69) is 4.72 Å². The van der Waals surface area contributed by atoms with E-state index in [1.54, 1.807) is 13.8 Å². The van der Waals surface area contributed by atoms with Crippen molar-refractivity contribution in [3.8, 4) is 0 Å². The van der Waals surface area contributed by atoms with Crippen LogP contribution in [-0.2, 0) is 10.0 Å². The van der Waals surface area contributed by atoms with Gasteiger partial charge in [0.2, 0.25) is 10.0 Å². The molecule has 0 aromatic heterocycles. The second-order valence-electron chi connectivity index (χ2n) is 4.97. The highest BCUT2D eigenvalue weighted by Gasteiger charge is 2.24. The SMILES string of the molecule is Cc1c([N+](=O)[O-])cccc1S(=O)(=O)NCC(C)(C)N. The highest BCUT2D eigenvalue weighted by molar-refractivity contribution is 7.89. The first kappa shape index (κ1) is 15.5. The highest BCUT2D eigenvalue weighted by Crippen LogP contribution is 2.24. The lowest BCUT2D eigenvalue weighted by atomic mass is 10.1. The molecule has 0 radical (unpaired) electrons. The molecule has 0 aliphatic heterocycles. The standard InChI is InChI=1S/C11H17N3O4S/c1-8-9(14(15)16)5-4-6-10(8)19(17,18)13-7-11(2,3)12/h4-6,13H,7,12H2,1-3H3. The fraction of sp³-hybridized carbons (Fsp3) is 0.455. The van der Waals surface area contributed by atoms with Gasteiger partial charge >= 0.3 is 0 Å². The summed E-state index contributed by atoms with van der Waals surface area (Å²) in [6.07, 6.45) is 0. The minimum atomic E-state index is -3.81. The number of nitro benzene ring substituents is 1. The molecule has 8 heteroatoms. The number of nitrogens with zero attached hydrogens (tertiary/aromatic N) is 1. The molecule has 0 aliphatic carbocycles. The van der Waals surface area contributed by atoms with E-state index in [1.807, 2.05) is 0 Å². The van der Waals surface area contributed by atoms with Crippen LogP contribution in [0.4, 0.5) is 5.69 Å². The molecule has 0 saturated carbocycles. The Kier molecular flexibility index (Phi) is 4.28. The molecule has 0 unspecified atom stereocenters.